The Balaban J connectivity index is 2.60. The van der Waals surface area contributed by atoms with Crippen LogP contribution in [0.2, 0.25) is 10.0 Å². The largest absolute Gasteiger partial charge is 0.495 e. The van der Waals surface area contributed by atoms with Gasteiger partial charge in [0, 0.05) is 40.8 Å². The molecule has 14 heteroatoms. The van der Waals surface area contributed by atoms with Crippen molar-refractivity contribution in [3.05, 3.63) is 62.1 Å². The third-order valence-corrected chi connectivity index (χ3v) is 7.62. The average molecular weight is 604 g/mol. The standard InChI is InChI=1S/C25H32Cl2N4O7S/c1-6-21(25(33)28-13-16(2)3)29(14-18-19(26)8-7-9-20(18)27)24(32)15-30(39(5,36)37)22-12-17(31(34)35)10-11-23(22)38-4/h7-12,16,21H,6,13-15H2,1-5H3,(H,28,33)/t21-/m0/s1. The highest BCUT2D eigenvalue weighted by Gasteiger charge is 2.34. The molecule has 0 aliphatic rings. The summed E-state index contributed by atoms with van der Waals surface area (Å²) in [5.74, 6) is -1.03. The lowest BCUT2D eigenvalue weighted by Gasteiger charge is -2.33. The number of ether oxygens (including phenoxy) is 1. The van der Waals surface area contributed by atoms with Crippen molar-refractivity contribution in [3.63, 3.8) is 0 Å². The molecule has 2 amide bonds. The molecule has 0 fully saturated rings. The van der Waals surface area contributed by atoms with Gasteiger partial charge in [-0.05, 0) is 30.5 Å². The molecule has 0 heterocycles. The number of non-ortho nitro benzene ring substituents is 1. The maximum atomic E-state index is 13.8. The highest BCUT2D eigenvalue weighted by molar-refractivity contribution is 7.92. The van der Waals surface area contributed by atoms with Crippen LogP contribution in [-0.2, 0) is 26.2 Å². The SMILES string of the molecule is CC[C@@H](C(=O)NCC(C)C)N(Cc1c(Cl)cccc1Cl)C(=O)CN(c1cc([N+](=O)[O-])ccc1OC)S(C)(=O)=O. The second kappa shape index (κ2) is 13.8. The Bertz CT molecular complexity index is 1300. The van der Waals surface area contributed by atoms with Gasteiger partial charge in [0.2, 0.25) is 21.8 Å². The molecule has 1 N–H and O–H groups in total. The monoisotopic (exact) mass is 602 g/mol. The van der Waals surface area contributed by atoms with Gasteiger partial charge in [-0.25, -0.2) is 8.42 Å². The van der Waals surface area contributed by atoms with Gasteiger partial charge in [0.1, 0.15) is 24.0 Å². The molecule has 0 bridgehead atoms. The van der Waals surface area contributed by atoms with Crippen LogP contribution in [0.5, 0.6) is 5.75 Å². The number of sulfonamides is 1. The first kappa shape index (κ1) is 32.1. The second-order valence-corrected chi connectivity index (χ2v) is 11.9. The number of nitro benzene ring substituents is 1. The Labute approximate surface area is 238 Å². The molecule has 11 nitrogen and oxygen atoms in total. The molecule has 2 aromatic carbocycles. The topological polar surface area (TPSA) is 139 Å². The average Bonchev–Trinajstić information content (AvgIpc) is 2.86. The maximum absolute atomic E-state index is 13.8. The number of hydrogen-bond donors (Lipinski definition) is 1. The van der Waals surface area contributed by atoms with Crippen LogP contribution in [0.25, 0.3) is 0 Å². The summed E-state index contributed by atoms with van der Waals surface area (Å²) in [4.78, 5) is 38.9. The zero-order chi connectivity index (χ0) is 29.5. The van der Waals surface area contributed by atoms with E-state index in [0.717, 1.165) is 18.4 Å². The van der Waals surface area contributed by atoms with Crippen LogP contribution in [0.15, 0.2) is 36.4 Å². The van der Waals surface area contributed by atoms with Crippen molar-refractivity contribution < 1.29 is 27.7 Å². The molecule has 1 atom stereocenters. The summed E-state index contributed by atoms with van der Waals surface area (Å²) in [6.07, 6.45) is 1.07. The second-order valence-electron chi connectivity index (χ2n) is 9.17. The van der Waals surface area contributed by atoms with Gasteiger partial charge in [-0.15, -0.1) is 0 Å². The van der Waals surface area contributed by atoms with Crippen molar-refractivity contribution >= 4 is 56.4 Å². The number of methoxy groups -OCH3 is 1. The van der Waals surface area contributed by atoms with E-state index in [1.165, 1.54) is 18.1 Å². The third-order valence-electron chi connectivity index (χ3n) is 5.78. The zero-order valence-electron chi connectivity index (χ0n) is 22.3. The predicted octanol–water partition coefficient (Wildman–Crippen LogP) is 4.26. The summed E-state index contributed by atoms with van der Waals surface area (Å²) in [7, 11) is -2.89. The molecule has 0 radical (unpaired) electrons. The lowest BCUT2D eigenvalue weighted by Crippen LogP contribution is -2.52. The smallest absolute Gasteiger partial charge is 0.271 e. The molecule has 0 saturated heterocycles. The van der Waals surface area contributed by atoms with Gasteiger partial charge >= 0.3 is 0 Å². The fourth-order valence-corrected chi connectivity index (χ4v) is 5.14. The number of amides is 2. The van der Waals surface area contributed by atoms with E-state index in [1.54, 1.807) is 25.1 Å². The molecule has 214 valence electrons. The van der Waals surface area contributed by atoms with Crippen molar-refractivity contribution in [2.75, 3.05) is 30.8 Å². The molecule has 0 unspecified atom stereocenters. The van der Waals surface area contributed by atoms with E-state index >= 15 is 0 Å². The number of nitro groups is 1. The molecule has 2 rings (SSSR count). The normalized spacial score (nSPS) is 12.1. The van der Waals surface area contributed by atoms with Gasteiger partial charge in [0.15, 0.2) is 0 Å². The Morgan fingerprint density at radius 2 is 1.77 bits per heavy atom. The molecule has 0 aliphatic carbocycles. The Kier molecular flexibility index (Phi) is 11.4. The quantitative estimate of drug-likeness (QED) is 0.267. The van der Waals surface area contributed by atoms with Gasteiger partial charge in [-0.3, -0.25) is 24.0 Å². The van der Waals surface area contributed by atoms with Crippen LogP contribution in [0.4, 0.5) is 11.4 Å². The van der Waals surface area contributed by atoms with Crippen molar-refractivity contribution in [1.82, 2.24) is 10.2 Å². The van der Waals surface area contributed by atoms with E-state index in [4.69, 9.17) is 27.9 Å². The van der Waals surface area contributed by atoms with Gasteiger partial charge in [-0.1, -0.05) is 50.0 Å². The van der Waals surface area contributed by atoms with E-state index in [2.05, 4.69) is 5.32 Å². The van der Waals surface area contributed by atoms with Gasteiger partial charge < -0.3 is 15.0 Å². The lowest BCUT2D eigenvalue weighted by atomic mass is 10.1. The summed E-state index contributed by atoms with van der Waals surface area (Å²) in [5, 5.41) is 14.7. The number of nitrogens with one attached hydrogen (secondary N) is 1. The number of halogens is 2. The number of rotatable bonds is 13. The Morgan fingerprint density at radius 3 is 2.26 bits per heavy atom. The number of anilines is 1. The summed E-state index contributed by atoms with van der Waals surface area (Å²) in [6, 6.07) is 7.22. The fourth-order valence-electron chi connectivity index (χ4n) is 3.78. The van der Waals surface area contributed by atoms with Crippen molar-refractivity contribution in [2.45, 2.75) is 39.8 Å². The number of nitrogens with zero attached hydrogens (tertiary/aromatic N) is 3. The maximum Gasteiger partial charge on any atom is 0.271 e. The van der Waals surface area contributed by atoms with Crippen molar-refractivity contribution in [2.24, 2.45) is 5.92 Å². The molecule has 0 saturated carbocycles. The molecule has 2 aromatic rings. The van der Waals surface area contributed by atoms with Crippen molar-refractivity contribution in [3.8, 4) is 5.75 Å². The molecule has 0 aliphatic heterocycles. The zero-order valence-corrected chi connectivity index (χ0v) is 24.6. The summed E-state index contributed by atoms with van der Waals surface area (Å²) < 4.78 is 31.7. The lowest BCUT2D eigenvalue weighted by molar-refractivity contribution is -0.384. The molecule has 0 spiro atoms. The highest BCUT2D eigenvalue weighted by Crippen LogP contribution is 2.34. The van der Waals surface area contributed by atoms with Crippen LogP contribution >= 0.6 is 23.2 Å². The van der Waals surface area contributed by atoms with Gasteiger partial charge in [-0.2, -0.15) is 0 Å². The van der Waals surface area contributed by atoms with E-state index in [0.29, 0.717) is 16.4 Å². The van der Waals surface area contributed by atoms with Gasteiger partial charge in [0.25, 0.3) is 5.69 Å². The van der Waals surface area contributed by atoms with Crippen LogP contribution in [0.3, 0.4) is 0 Å². The van der Waals surface area contributed by atoms with E-state index < -0.39 is 45.0 Å². The van der Waals surface area contributed by atoms with E-state index in [9.17, 15) is 28.1 Å². The first-order chi connectivity index (χ1) is 18.2. The van der Waals surface area contributed by atoms with E-state index in [-0.39, 0.29) is 40.4 Å². The Morgan fingerprint density at radius 1 is 1.15 bits per heavy atom. The third kappa shape index (κ3) is 8.45. The Hall–Kier alpha value is -3.09. The first-order valence-corrected chi connectivity index (χ1v) is 14.6. The number of carbonyl (C=O) groups is 2. The summed E-state index contributed by atoms with van der Waals surface area (Å²) in [6.45, 7) is 4.96. The minimum atomic E-state index is -4.15. The first-order valence-electron chi connectivity index (χ1n) is 12.0. The highest BCUT2D eigenvalue weighted by atomic mass is 35.5. The number of benzene rings is 2. The van der Waals surface area contributed by atoms with Crippen LogP contribution < -0.4 is 14.4 Å². The number of hydrogen-bond acceptors (Lipinski definition) is 7. The van der Waals surface area contributed by atoms with E-state index in [1.807, 2.05) is 13.8 Å². The fraction of sp³-hybridized carbons (Fsp3) is 0.440. The molecular weight excluding hydrogens is 571 g/mol. The van der Waals surface area contributed by atoms with Gasteiger partial charge in [0.05, 0.1) is 18.3 Å². The van der Waals surface area contributed by atoms with Crippen LogP contribution in [0.1, 0.15) is 32.8 Å². The predicted molar refractivity (Wildman–Crippen MR) is 151 cm³/mol. The van der Waals surface area contributed by atoms with Crippen molar-refractivity contribution in [1.29, 1.82) is 0 Å². The van der Waals surface area contributed by atoms with Crippen LogP contribution in [-0.4, -0.2) is 62.6 Å². The molecule has 39 heavy (non-hydrogen) atoms. The summed E-state index contributed by atoms with van der Waals surface area (Å²) >= 11 is 12.7. The molecular formula is C25H32Cl2N4O7S. The summed E-state index contributed by atoms with van der Waals surface area (Å²) in [5.41, 5.74) is -0.218. The van der Waals surface area contributed by atoms with Crippen LogP contribution in [0, 0.1) is 16.0 Å². The minimum absolute atomic E-state index is 0.00115. The molecule has 0 aromatic heterocycles. The minimum Gasteiger partial charge on any atom is -0.495 e. The number of carbonyl (C=O) groups excluding carboxylic acids is 2.